The van der Waals surface area contributed by atoms with Crippen LogP contribution < -0.4 is 14.2 Å². The Kier molecular flexibility index (Phi) is 7.11. The lowest BCUT2D eigenvalue weighted by Gasteiger charge is -2.15. The molecule has 6 nitrogen and oxygen atoms in total. The van der Waals surface area contributed by atoms with Gasteiger partial charge in [-0.3, -0.25) is 0 Å². The molecule has 0 fully saturated rings. The monoisotopic (exact) mass is 417 g/mol. The fraction of sp³-hybridized carbons (Fsp3) is 0.312. The van der Waals surface area contributed by atoms with Crippen molar-refractivity contribution in [1.82, 2.24) is 4.98 Å². The molecule has 0 unspecified atom stereocenters. The van der Waals surface area contributed by atoms with Crippen molar-refractivity contribution in [2.75, 3.05) is 20.3 Å². The number of aromatic nitrogens is 1. The Labute approximate surface area is 153 Å². The first-order valence-electron chi connectivity index (χ1n) is 7.07. The Morgan fingerprint density at radius 1 is 1.25 bits per heavy atom. The van der Waals surface area contributed by atoms with Gasteiger partial charge in [0.1, 0.15) is 30.2 Å². The van der Waals surface area contributed by atoms with Crippen molar-refractivity contribution in [2.45, 2.75) is 12.7 Å². The van der Waals surface area contributed by atoms with Gasteiger partial charge in [0.05, 0.1) is 18.2 Å². The van der Waals surface area contributed by atoms with Crippen molar-refractivity contribution >= 4 is 27.5 Å². The molecule has 1 heterocycles. The van der Waals surface area contributed by atoms with E-state index in [1.54, 1.807) is 13.2 Å². The van der Waals surface area contributed by atoms with E-state index in [4.69, 9.17) is 30.9 Å². The van der Waals surface area contributed by atoms with Gasteiger partial charge in [-0.05, 0) is 39.7 Å². The number of nitrogens with zero attached hydrogens (tertiary/aromatic N) is 1. The number of halogens is 2. The van der Waals surface area contributed by atoms with Crippen LogP contribution >= 0.6 is 27.5 Å². The molecule has 1 atom stereocenters. The number of aliphatic hydroxyl groups is 2. The molecule has 0 spiro atoms. The van der Waals surface area contributed by atoms with E-state index in [-0.39, 0.29) is 24.2 Å². The molecule has 0 saturated carbocycles. The van der Waals surface area contributed by atoms with Gasteiger partial charge in [0.15, 0.2) is 5.75 Å². The van der Waals surface area contributed by atoms with E-state index in [9.17, 15) is 5.11 Å². The summed E-state index contributed by atoms with van der Waals surface area (Å²) >= 11 is 9.28. The minimum atomic E-state index is -1.01. The molecule has 0 aliphatic carbocycles. The summed E-state index contributed by atoms with van der Waals surface area (Å²) in [6, 6.07) is 9.02. The third-order valence-electron chi connectivity index (χ3n) is 3.03. The van der Waals surface area contributed by atoms with Gasteiger partial charge in [0.2, 0.25) is 0 Å². The van der Waals surface area contributed by atoms with Crippen LogP contribution in [0.15, 0.2) is 34.8 Å². The molecule has 24 heavy (non-hydrogen) atoms. The molecule has 8 heteroatoms. The van der Waals surface area contributed by atoms with E-state index in [2.05, 4.69) is 20.9 Å². The van der Waals surface area contributed by atoms with Crippen LogP contribution in [0.25, 0.3) is 0 Å². The van der Waals surface area contributed by atoms with Crippen LogP contribution in [0.1, 0.15) is 5.56 Å². The third-order valence-corrected chi connectivity index (χ3v) is 3.81. The lowest BCUT2D eigenvalue weighted by atomic mass is 10.2. The van der Waals surface area contributed by atoms with E-state index in [0.29, 0.717) is 10.2 Å². The summed E-state index contributed by atoms with van der Waals surface area (Å²) in [6.07, 6.45) is -1.01. The van der Waals surface area contributed by atoms with Crippen LogP contribution in [0.3, 0.4) is 0 Å². The lowest BCUT2D eigenvalue weighted by molar-refractivity contribution is 0.0507. The Morgan fingerprint density at radius 3 is 2.58 bits per heavy atom. The van der Waals surface area contributed by atoms with Crippen molar-refractivity contribution in [3.8, 4) is 17.4 Å². The van der Waals surface area contributed by atoms with Gasteiger partial charge in [-0.15, -0.1) is 0 Å². The molecule has 0 aliphatic rings. The molecule has 0 aliphatic heterocycles. The number of hydrogen-bond donors (Lipinski definition) is 2. The van der Waals surface area contributed by atoms with Crippen molar-refractivity contribution in [1.29, 1.82) is 0 Å². The predicted molar refractivity (Wildman–Crippen MR) is 92.9 cm³/mol. The number of pyridine rings is 1. The van der Waals surface area contributed by atoms with E-state index in [1.165, 1.54) is 0 Å². The van der Waals surface area contributed by atoms with Crippen LogP contribution in [0.4, 0.5) is 0 Å². The Morgan fingerprint density at radius 2 is 1.96 bits per heavy atom. The molecule has 0 amide bonds. The highest BCUT2D eigenvalue weighted by molar-refractivity contribution is 9.10. The Balaban J connectivity index is 2.12. The molecule has 2 rings (SSSR count). The summed E-state index contributed by atoms with van der Waals surface area (Å²) in [4.78, 5) is 4.06. The largest absolute Gasteiger partial charge is 0.497 e. The fourth-order valence-corrected chi connectivity index (χ4v) is 2.60. The summed E-state index contributed by atoms with van der Waals surface area (Å²) in [7, 11) is 1.60. The molecule has 0 saturated heterocycles. The molecular formula is C16H17BrClNO5. The second-order valence-electron chi connectivity index (χ2n) is 4.85. The minimum absolute atomic E-state index is 0.130. The van der Waals surface area contributed by atoms with Gasteiger partial charge in [-0.1, -0.05) is 23.7 Å². The highest BCUT2D eigenvalue weighted by Gasteiger charge is 2.15. The molecule has 1 aromatic carbocycles. The average molecular weight is 419 g/mol. The van der Waals surface area contributed by atoms with E-state index in [1.807, 2.05) is 24.3 Å². The first kappa shape index (κ1) is 18.8. The van der Waals surface area contributed by atoms with Crippen molar-refractivity contribution in [3.05, 3.63) is 45.5 Å². The zero-order valence-electron chi connectivity index (χ0n) is 12.9. The summed E-state index contributed by atoms with van der Waals surface area (Å²) < 4.78 is 16.9. The number of hydrogen-bond acceptors (Lipinski definition) is 6. The van der Waals surface area contributed by atoms with Crippen LogP contribution in [0.5, 0.6) is 17.4 Å². The smallest absolute Gasteiger partial charge is 0.259 e. The van der Waals surface area contributed by atoms with Gasteiger partial charge in [-0.25, -0.2) is 0 Å². The number of benzene rings is 1. The van der Waals surface area contributed by atoms with Crippen molar-refractivity contribution in [2.24, 2.45) is 0 Å². The van der Waals surface area contributed by atoms with Crippen molar-refractivity contribution in [3.63, 3.8) is 0 Å². The van der Waals surface area contributed by atoms with Gasteiger partial charge in [-0.2, -0.15) is 4.98 Å². The van der Waals surface area contributed by atoms with Gasteiger partial charge >= 0.3 is 0 Å². The lowest BCUT2D eigenvalue weighted by Crippen LogP contribution is -2.22. The molecule has 1 aromatic heterocycles. The molecule has 0 bridgehead atoms. The standard InChI is InChI=1S/C16H17BrClNO5/c1-22-12-4-2-10(3-5-12)8-23-15-13(17)6-14(18)19-16(15)24-9-11(21)7-20/h2-6,11,20-21H,7-9H2,1H3/t11-/m1/s1. The highest BCUT2D eigenvalue weighted by atomic mass is 79.9. The highest BCUT2D eigenvalue weighted by Crippen LogP contribution is 2.36. The summed E-state index contributed by atoms with van der Waals surface area (Å²) in [6.45, 7) is -0.260. The van der Waals surface area contributed by atoms with Gasteiger partial charge in [0, 0.05) is 0 Å². The first-order chi connectivity index (χ1) is 11.5. The van der Waals surface area contributed by atoms with Crippen molar-refractivity contribution < 1.29 is 24.4 Å². The topological polar surface area (TPSA) is 81.0 Å². The fourth-order valence-electron chi connectivity index (χ4n) is 1.79. The molecule has 0 radical (unpaired) electrons. The second kappa shape index (κ2) is 9.08. The number of methoxy groups -OCH3 is 1. The second-order valence-corrected chi connectivity index (χ2v) is 6.09. The van der Waals surface area contributed by atoms with Crippen LogP contribution in [0.2, 0.25) is 5.15 Å². The number of rotatable bonds is 8. The zero-order valence-corrected chi connectivity index (χ0v) is 15.2. The SMILES string of the molecule is COc1ccc(COc2c(Br)cc(Cl)nc2OC[C@H](O)CO)cc1. The number of ether oxygens (including phenoxy) is 3. The van der Waals surface area contributed by atoms with E-state index in [0.717, 1.165) is 11.3 Å². The molecule has 2 aromatic rings. The average Bonchev–Trinajstić information content (AvgIpc) is 2.59. The maximum absolute atomic E-state index is 9.41. The van der Waals surface area contributed by atoms with Crippen LogP contribution in [-0.4, -0.2) is 41.6 Å². The zero-order chi connectivity index (χ0) is 17.5. The first-order valence-corrected chi connectivity index (χ1v) is 8.24. The van der Waals surface area contributed by atoms with E-state index < -0.39 is 12.7 Å². The quantitative estimate of drug-likeness (QED) is 0.642. The predicted octanol–water partition coefficient (Wildman–Crippen LogP) is 2.82. The molecule has 2 N–H and O–H groups in total. The summed E-state index contributed by atoms with van der Waals surface area (Å²) in [5.74, 6) is 1.26. The van der Waals surface area contributed by atoms with Crippen LogP contribution in [-0.2, 0) is 6.61 Å². The summed E-state index contributed by atoms with van der Waals surface area (Å²) in [5, 5.41) is 18.5. The van der Waals surface area contributed by atoms with E-state index >= 15 is 0 Å². The maximum atomic E-state index is 9.41. The minimum Gasteiger partial charge on any atom is -0.497 e. The van der Waals surface area contributed by atoms with Crippen LogP contribution in [0, 0.1) is 0 Å². The van der Waals surface area contributed by atoms with Gasteiger partial charge < -0.3 is 24.4 Å². The Bertz CT molecular complexity index is 668. The third kappa shape index (κ3) is 5.24. The Hall–Kier alpha value is -1.54. The number of aliphatic hydroxyl groups excluding tert-OH is 2. The summed E-state index contributed by atoms with van der Waals surface area (Å²) in [5.41, 5.74) is 0.930. The maximum Gasteiger partial charge on any atom is 0.259 e. The van der Waals surface area contributed by atoms with Gasteiger partial charge in [0.25, 0.3) is 5.88 Å². The normalized spacial score (nSPS) is 11.9. The molecule has 130 valence electrons. The molecular weight excluding hydrogens is 402 g/mol.